The van der Waals surface area contributed by atoms with E-state index in [-0.39, 0.29) is 11.9 Å². The van der Waals surface area contributed by atoms with Crippen LogP contribution in [0.1, 0.15) is 44.0 Å². The van der Waals surface area contributed by atoms with Crippen LogP contribution in [0.2, 0.25) is 0 Å². The van der Waals surface area contributed by atoms with Crippen molar-refractivity contribution in [3.8, 4) is 11.5 Å². The lowest BCUT2D eigenvalue weighted by atomic mass is 10.0. The van der Waals surface area contributed by atoms with Crippen molar-refractivity contribution in [3.05, 3.63) is 78.1 Å². The summed E-state index contributed by atoms with van der Waals surface area (Å²) in [5.74, 6) is 1.65. The van der Waals surface area contributed by atoms with Crippen LogP contribution in [0.5, 0.6) is 11.5 Å². The van der Waals surface area contributed by atoms with Gasteiger partial charge in [-0.2, -0.15) is 5.10 Å². The molecule has 3 rings (SSSR count). The molecular formula is C24H29N3O3. The van der Waals surface area contributed by atoms with E-state index in [1.54, 1.807) is 24.2 Å². The van der Waals surface area contributed by atoms with E-state index in [1.807, 2.05) is 61.5 Å². The predicted molar refractivity (Wildman–Crippen MR) is 117 cm³/mol. The summed E-state index contributed by atoms with van der Waals surface area (Å²) in [6.45, 7) is 6.76. The highest BCUT2D eigenvalue weighted by Gasteiger charge is 2.24. The van der Waals surface area contributed by atoms with E-state index in [2.05, 4.69) is 24.3 Å². The largest absolute Gasteiger partial charge is 0.493 e. The van der Waals surface area contributed by atoms with E-state index < -0.39 is 6.04 Å². The maximum absolute atomic E-state index is 13.2. The number of nitrogens with one attached hydrogen (secondary N) is 1. The Morgan fingerprint density at radius 3 is 2.43 bits per heavy atom. The Hall–Kier alpha value is -3.28. The summed E-state index contributed by atoms with van der Waals surface area (Å²) < 4.78 is 13.0. The van der Waals surface area contributed by atoms with Crippen LogP contribution in [0, 0.1) is 5.92 Å². The molecule has 1 aromatic heterocycles. The van der Waals surface area contributed by atoms with Gasteiger partial charge in [-0.1, -0.05) is 50.2 Å². The third kappa shape index (κ3) is 5.20. The maximum atomic E-state index is 13.2. The zero-order valence-corrected chi connectivity index (χ0v) is 17.9. The minimum absolute atomic E-state index is 0.128. The summed E-state index contributed by atoms with van der Waals surface area (Å²) in [6.07, 6.45) is 3.47. The van der Waals surface area contributed by atoms with Crippen molar-refractivity contribution in [1.82, 2.24) is 15.1 Å². The van der Waals surface area contributed by atoms with E-state index >= 15 is 0 Å². The molecule has 1 N–H and O–H groups in total. The summed E-state index contributed by atoms with van der Waals surface area (Å²) in [4.78, 5) is 13.2. The first kappa shape index (κ1) is 21.4. The Bertz CT molecular complexity index is 940. The lowest BCUT2D eigenvalue weighted by Crippen LogP contribution is -2.35. The summed E-state index contributed by atoms with van der Waals surface area (Å²) in [7, 11) is 1.62. The highest BCUT2D eigenvalue weighted by Crippen LogP contribution is 2.31. The van der Waals surface area contributed by atoms with Crippen molar-refractivity contribution < 1.29 is 14.3 Å². The molecular weight excluding hydrogens is 378 g/mol. The van der Waals surface area contributed by atoms with E-state index in [9.17, 15) is 4.79 Å². The van der Waals surface area contributed by atoms with Gasteiger partial charge in [0.05, 0.1) is 19.8 Å². The van der Waals surface area contributed by atoms with Crippen LogP contribution >= 0.6 is 0 Å². The van der Waals surface area contributed by atoms with Crippen molar-refractivity contribution in [2.75, 3.05) is 13.7 Å². The zero-order valence-electron chi connectivity index (χ0n) is 17.9. The summed E-state index contributed by atoms with van der Waals surface area (Å²) in [5.41, 5.74) is 1.81. The van der Waals surface area contributed by atoms with Crippen molar-refractivity contribution >= 4 is 5.91 Å². The summed E-state index contributed by atoms with van der Waals surface area (Å²) >= 11 is 0. The molecule has 1 heterocycles. The SMILES string of the molecule is COc1cc(C(C)NC(=O)C(c2ccccc2)n2cccn2)ccc1OCC(C)C. The van der Waals surface area contributed by atoms with E-state index in [4.69, 9.17) is 9.47 Å². The Morgan fingerprint density at radius 1 is 1.03 bits per heavy atom. The average Bonchev–Trinajstić information content (AvgIpc) is 3.27. The number of amides is 1. The minimum atomic E-state index is -0.542. The molecule has 0 aliphatic rings. The third-order valence-corrected chi connectivity index (χ3v) is 4.77. The van der Waals surface area contributed by atoms with Crippen molar-refractivity contribution in [1.29, 1.82) is 0 Å². The quantitative estimate of drug-likeness (QED) is 0.571. The molecule has 1 amide bonds. The first-order valence-electron chi connectivity index (χ1n) is 10.1. The summed E-state index contributed by atoms with van der Waals surface area (Å²) in [5, 5.41) is 7.39. The molecule has 0 bridgehead atoms. The van der Waals surface area contributed by atoms with Gasteiger partial charge in [0.2, 0.25) is 5.91 Å². The van der Waals surface area contributed by atoms with Crippen molar-refractivity contribution in [2.24, 2.45) is 5.92 Å². The molecule has 3 aromatic rings. The number of hydrogen-bond acceptors (Lipinski definition) is 4. The van der Waals surface area contributed by atoms with Gasteiger partial charge in [-0.3, -0.25) is 9.48 Å². The van der Waals surface area contributed by atoms with Gasteiger partial charge in [-0.15, -0.1) is 0 Å². The second-order valence-corrected chi connectivity index (χ2v) is 7.64. The highest BCUT2D eigenvalue weighted by atomic mass is 16.5. The number of benzene rings is 2. The summed E-state index contributed by atoms with van der Waals surface area (Å²) in [6, 6.07) is 16.4. The van der Waals surface area contributed by atoms with Crippen LogP contribution < -0.4 is 14.8 Å². The number of methoxy groups -OCH3 is 1. The highest BCUT2D eigenvalue weighted by molar-refractivity contribution is 5.83. The molecule has 2 atom stereocenters. The van der Waals surface area contributed by atoms with Crippen LogP contribution in [0.25, 0.3) is 0 Å². The number of hydrogen-bond donors (Lipinski definition) is 1. The number of ether oxygens (including phenoxy) is 2. The van der Waals surface area contributed by atoms with Gasteiger partial charge >= 0.3 is 0 Å². The Kier molecular flexibility index (Phi) is 7.12. The van der Waals surface area contributed by atoms with Crippen LogP contribution in [-0.2, 0) is 4.79 Å². The molecule has 2 aromatic carbocycles. The molecule has 0 aliphatic heterocycles. The van der Waals surface area contributed by atoms with Gasteiger partial charge in [0, 0.05) is 12.4 Å². The van der Waals surface area contributed by atoms with Gasteiger partial charge in [0.25, 0.3) is 0 Å². The predicted octanol–water partition coefficient (Wildman–Crippen LogP) is 4.39. The smallest absolute Gasteiger partial charge is 0.249 e. The van der Waals surface area contributed by atoms with Crippen LogP contribution in [0.4, 0.5) is 0 Å². The van der Waals surface area contributed by atoms with Gasteiger partial charge in [0.15, 0.2) is 17.5 Å². The van der Waals surface area contributed by atoms with Gasteiger partial charge in [-0.05, 0) is 42.2 Å². The molecule has 0 aliphatic carbocycles. The Balaban J connectivity index is 1.78. The number of nitrogens with zero attached hydrogens (tertiary/aromatic N) is 2. The van der Waals surface area contributed by atoms with Gasteiger partial charge in [0.1, 0.15) is 0 Å². The molecule has 0 saturated heterocycles. The Morgan fingerprint density at radius 2 is 1.80 bits per heavy atom. The van der Waals surface area contributed by atoms with Crippen molar-refractivity contribution in [3.63, 3.8) is 0 Å². The maximum Gasteiger partial charge on any atom is 0.249 e. The van der Waals surface area contributed by atoms with Crippen LogP contribution in [-0.4, -0.2) is 29.4 Å². The second-order valence-electron chi connectivity index (χ2n) is 7.64. The topological polar surface area (TPSA) is 65.4 Å². The van der Waals surface area contributed by atoms with Crippen LogP contribution in [0.15, 0.2) is 67.0 Å². The molecule has 0 radical (unpaired) electrons. The number of carbonyl (C=O) groups excluding carboxylic acids is 1. The molecule has 6 heteroatoms. The second kappa shape index (κ2) is 9.96. The average molecular weight is 408 g/mol. The molecule has 6 nitrogen and oxygen atoms in total. The minimum Gasteiger partial charge on any atom is -0.493 e. The first-order valence-corrected chi connectivity index (χ1v) is 10.1. The first-order chi connectivity index (χ1) is 14.5. The molecule has 2 unspecified atom stereocenters. The van der Waals surface area contributed by atoms with Crippen LogP contribution in [0.3, 0.4) is 0 Å². The molecule has 158 valence electrons. The fourth-order valence-corrected chi connectivity index (χ4v) is 3.20. The number of carbonyl (C=O) groups is 1. The van der Waals surface area contributed by atoms with Crippen molar-refractivity contribution in [2.45, 2.75) is 32.9 Å². The van der Waals surface area contributed by atoms with E-state index in [0.29, 0.717) is 24.0 Å². The standard InChI is InChI=1S/C24H29N3O3/c1-17(2)16-30-21-12-11-20(15-22(21)29-4)18(3)26-24(28)23(27-14-8-13-25-27)19-9-6-5-7-10-19/h5-15,17-18,23H,16H2,1-4H3,(H,26,28). The number of rotatable bonds is 9. The Labute approximate surface area is 177 Å². The zero-order chi connectivity index (χ0) is 21.5. The lowest BCUT2D eigenvalue weighted by Gasteiger charge is -2.22. The lowest BCUT2D eigenvalue weighted by molar-refractivity contribution is -0.124. The monoisotopic (exact) mass is 407 g/mol. The fraction of sp³-hybridized carbons (Fsp3) is 0.333. The third-order valence-electron chi connectivity index (χ3n) is 4.77. The number of aromatic nitrogens is 2. The van der Waals surface area contributed by atoms with E-state index in [1.165, 1.54) is 0 Å². The fourth-order valence-electron chi connectivity index (χ4n) is 3.20. The van der Waals surface area contributed by atoms with Gasteiger partial charge < -0.3 is 14.8 Å². The normalized spacial score (nSPS) is 13.0. The molecule has 30 heavy (non-hydrogen) atoms. The van der Waals surface area contributed by atoms with E-state index in [0.717, 1.165) is 11.1 Å². The van der Waals surface area contributed by atoms with Gasteiger partial charge in [-0.25, -0.2) is 0 Å². The molecule has 0 spiro atoms. The molecule has 0 saturated carbocycles. The molecule has 0 fully saturated rings.